The maximum Gasteiger partial charge on any atom is 0.407 e. The van der Waals surface area contributed by atoms with Crippen LogP contribution in [0.25, 0.3) is 0 Å². The number of alkyl carbamates (subject to hydrolysis) is 2. The quantitative estimate of drug-likeness (QED) is 0.707. The monoisotopic (exact) mass is 372 g/mol. The molecule has 10 heteroatoms. The molecule has 1 aromatic heterocycles. The van der Waals surface area contributed by atoms with Gasteiger partial charge in [-0.2, -0.15) is 4.98 Å². The Bertz CT molecular complexity index is 551. The minimum atomic E-state index is -1.29. The summed E-state index contributed by atoms with van der Waals surface area (Å²) in [4.78, 5) is 27.6. The van der Waals surface area contributed by atoms with E-state index < -0.39 is 31.9 Å². The fourth-order valence-electron chi connectivity index (χ4n) is 1.67. The maximum atomic E-state index is 12.0. The Labute approximate surface area is 148 Å². The molecule has 1 heterocycles. The highest BCUT2D eigenvalue weighted by molar-refractivity contribution is 6.76. The molecule has 9 nitrogen and oxygen atoms in total. The summed E-state index contributed by atoms with van der Waals surface area (Å²) in [6.07, 6.45) is -0.0532. The molecule has 0 aliphatic rings. The normalized spacial score (nSPS) is 13.0. The van der Waals surface area contributed by atoms with Gasteiger partial charge in [0, 0.05) is 14.6 Å². The second-order valence-electron chi connectivity index (χ2n) is 7.82. The summed E-state index contributed by atoms with van der Waals surface area (Å²) < 4.78 is 15.0. The summed E-state index contributed by atoms with van der Waals surface area (Å²) in [5, 5.41) is 8.89. The van der Waals surface area contributed by atoms with Crippen molar-refractivity contribution in [3.8, 4) is 0 Å². The Morgan fingerprint density at radius 3 is 2.48 bits per heavy atom. The molecule has 0 spiro atoms. The van der Waals surface area contributed by atoms with Gasteiger partial charge in [-0.05, 0) is 26.8 Å². The lowest BCUT2D eigenvalue weighted by atomic mass is 10.2. The van der Waals surface area contributed by atoms with Gasteiger partial charge in [0.15, 0.2) is 5.82 Å². The SMILES string of the molecule is CC(C)(C)OC(=O)NC[C@H](NC(=O)OCC[Si](C)(C)C)c1ncon1. The molecule has 0 fully saturated rings. The standard InChI is InChI=1S/C15H28N4O5Si/c1-15(2,3)24-13(20)16-9-11(12-17-10-23-19-12)18-14(21)22-7-8-25(4,5)6/h10-11H,7-9H2,1-6H3,(H,16,20)(H,18,21)/t11-/m0/s1. The van der Waals surface area contributed by atoms with Gasteiger partial charge in [0.05, 0.1) is 6.61 Å². The lowest BCUT2D eigenvalue weighted by Gasteiger charge is -2.21. The van der Waals surface area contributed by atoms with Crippen LogP contribution in [0.1, 0.15) is 32.6 Å². The first-order valence-corrected chi connectivity index (χ1v) is 11.8. The third-order valence-electron chi connectivity index (χ3n) is 2.92. The topological polar surface area (TPSA) is 116 Å². The number of nitrogens with one attached hydrogen (secondary N) is 2. The molecule has 0 aromatic carbocycles. The van der Waals surface area contributed by atoms with Crippen molar-refractivity contribution in [2.24, 2.45) is 0 Å². The third-order valence-corrected chi connectivity index (χ3v) is 4.62. The van der Waals surface area contributed by atoms with E-state index in [1.165, 1.54) is 0 Å². The van der Waals surface area contributed by atoms with Gasteiger partial charge in [-0.1, -0.05) is 24.8 Å². The Balaban J connectivity index is 2.54. The molecule has 25 heavy (non-hydrogen) atoms. The smallest absolute Gasteiger partial charge is 0.407 e. The van der Waals surface area contributed by atoms with E-state index in [0.717, 1.165) is 12.4 Å². The van der Waals surface area contributed by atoms with Crippen LogP contribution in [0.4, 0.5) is 9.59 Å². The van der Waals surface area contributed by atoms with Gasteiger partial charge in [-0.3, -0.25) is 0 Å². The summed E-state index contributed by atoms with van der Waals surface area (Å²) in [5.41, 5.74) is -0.616. The van der Waals surface area contributed by atoms with E-state index in [9.17, 15) is 9.59 Å². The van der Waals surface area contributed by atoms with Crippen LogP contribution in [0, 0.1) is 0 Å². The van der Waals surface area contributed by atoms with Gasteiger partial charge in [-0.15, -0.1) is 0 Å². The Hall–Kier alpha value is -2.10. The summed E-state index contributed by atoms with van der Waals surface area (Å²) in [5.74, 6) is 0.234. The molecule has 1 atom stereocenters. The summed E-state index contributed by atoms with van der Waals surface area (Å²) >= 11 is 0. The Morgan fingerprint density at radius 2 is 1.96 bits per heavy atom. The molecule has 1 rings (SSSR count). The summed E-state index contributed by atoms with van der Waals surface area (Å²) in [7, 11) is -1.29. The van der Waals surface area contributed by atoms with E-state index in [0.29, 0.717) is 6.61 Å². The number of nitrogens with zero attached hydrogens (tertiary/aromatic N) is 2. The highest BCUT2D eigenvalue weighted by Gasteiger charge is 2.23. The number of hydrogen-bond acceptors (Lipinski definition) is 7. The minimum absolute atomic E-state index is 0.0393. The van der Waals surface area contributed by atoms with Gasteiger partial charge in [0.2, 0.25) is 6.39 Å². The predicted molar refractivity (Wildman–Crippen MR) is 93.9 cm³/mol. The second kappa shape index (κ2) is 8.84. The first kappa shape index (κ1) is 20.9. The fourth-order valence-corrected chi connectivity index (χ4v) is 2.39. The lowest BCUT2D eigenvalue weighted by Crippen LogP contribution is -2.41. The fraction of sp³-hybridized carbons (Fsp3) is 0.733. The van der Waals surface area contributed by atoms with Crippen LogP contribution >= 0.6 is 0 Å². The molecule has 0 unspecified atom stereocenters. The molecule has 1 aromatic rings. The summed E-state index contributed by atoms with van der Waals surface area (Å²) in [6.45, 7) is 12.3. The molecule has 0 aliphatic heterocycles. The van der Waals surface area contributed by atoms with Gasteiger partial charge in [0.1, 0.15) is 11.6 Å². The minimum Gasteiger partial charge on any atom is -0.450 e. The van der Waals surface area contributed by atoms with Crippen molar-refractivity contribution in [1.82, 2.24) is 20.8 Å². The van der Waals surface area contributed by atoms with Crippen LogP contribution in [0.2, 0.25) is 25.7 Å². The molecule has 0 bridgehead atoms. The molecule has 0 saturated heterocycles. The highest BCUT2D eigenvalue weighted by atomic mass is 28.3. The van der Waals surface area contributed by atoms with Crippen LogP contribution in [0.5, 0.6) is 0 Å². The third kappa shape index (κ3) is 9.70. The highest BCUT2D eigenvalue weighted by Crippen LogP contribution is 2.10. The van der Waals surface area contributed by atoms with E-state index in [1.54, 1.807) is 20.8 Å². The molecule has 142 valence electrons. The average molecular weight is 372 g/mol. The molecule has 0 saturated carbocycles. The number of hydrogen-bond donors (Lipinski definition) is 2. The van der Waals surface area contributed by atoms with Crippen molar-refractivity contribution >= 4 is 20.3 Å². The Kier molecular flexibility index (Phi) is 7.40. The van der Waals surface area contributed by atoms with E-state index >= 15 is 0 Å². The van der Waals surface area contributed by atoms with Crippen LogP contribution in [0.3, 0.4) is 0 Å². The molecule has 0 radical (unpaired) electrons. The van der Waals surface area contributed by atoms with Gasteiger partial charge in [-0.25, -0.2) is 9.59 Å². The van der Waals surface area contributed by atoms with Crippen molar-refractivity contribution in [3.05, 3.63) is 12.2 Å². The van der Waals surface area contributed by atoms with E-state index in [1.807, 2.05) is 0 Å². The van der Waals surface area contributed by atoms with E-state index in [4.69, 9.17) is 14.0 Å². The maximum absolute atomic E-state index is 12.0. The van der Waals surface area contributed by atoms with E-state index in [-0.39, 0.29) is 12.4 Å². The van der Waals surface area contributed by atoms with Crippen molar-refractivity contribution in [2.45, 2.75) is 58.1 Å². The van der Waals surface area contributed by atoms with Crippen LogP contribution in [-0.2, 0) is 9.47 Å². The van der Waals surface area contributed by atoms with Crippen LogP contribution in [0.15, 0.2) is 10.9 Å². The second-order valence-corrected chi connectivity index (χ2v) is 13.4. The number of ether oxygens (including phenoxy) is 2. The number of rotatable bonds is 7. The number of carbonyl (C=O) groups is 2. The van der Waals surface area contributed by atoms with Crippen LogP contribution < -0.4 is 10.6 Å². The van der Waals surface area contributed by atoms with Crippen LogP contribution in [-0.4, -0.2) is 49.2 Å². The largest absolute Gasteiger partial charge is 0.450 e. The zero-order valence-corrected chi connectivity index (χ0v) is 16.7. The first-order valence-electron chi connectivity index (χ1n) is 8.13. The zero-order valence-electron chi connectivity index (χ0n) is 15.7. The van der Waals surface area contributed by atoms with Crippen molar-refractivity contribution in [2.75, 3.05) is 13.2 Å². The van der Waals surface area contributed by atoms with Crippen molar-refractivity contribution in [1.29, 1.82) is 0 Å². The molecular formula is C15H28N4O5Si. The van der Waals surface area contributed by atoms with Gasteiger partial charge in [0.25, 0.3) is 0 Å². The van der Waals surface area contributed by atoms with Gasteiger partial charge >= 0.3 is 12.2 Å². The molecule has 0 aliphatic carbocycles. The molecule has 2 N–H and O–H groups in total. The Morgan fingerprint density at radius 1 is 1.28 bits per heavy atom. The summed E-state index contributed by atoms with van der Waals surface area (Å²) in [6, 6.07) is 0.175. The molecule has 2 amide bonds. The van der Waals surface area contributed by atoms with Crippen molar-refractivity contribution < 1.29 is 23.6 Å². The zero-order chi connectivity index (χ0) is 19.1. The van der Waals surface area contributed by atoms with Gasteiger partial charge < -0.3 is 24.6 Å². The molecular weight excluding hydrogens is 344 g/mol. The van der Waals surface area contributed by atoms with Crippen molar-refractivity contribution in [3.63, 3.8) is 0 Å². The first-order chi connectivity index (χ1) is 11.5. The van der Waals surface area contributed by atoms with E-state index in [2.05, 4.69) is 40.4 Å². The number of amides is 2. The average Bonchev–Trinajstić information content (AvgIpc) is 2.93. The predicted octanol–water partition coefficient (Wildman–Crippen LogP) is 2.70. The lowest BCUT2D eigenvalue weighted by molar-refractivity contribution is 0.0520. The number of carbonyl (C=O) groups excluding carboxylic acids is 2. The number of aromatic nitrogens is 2.